The number of pyridine rings is 1. The average Bonchev–Trinajstić information content (AvgIpc) is 2.79. The van der Waals surface area contributed by atoms with Crippen molar-refractivity contribution in [2.24, 2.45) is 0 Å². The van der Waals surface area contributed by atoms with Crippen molar-refractivity contribution in [2.45, 2.75) is 12.0 Å². The Kier molecular flexibility index (Phi) is 5.77. The van der Waals surface area contributed by atoms with Crippen molar-refractivity contribution in [3.8, 4) is 16.9 Å². The second-order valence-corrected chi connectivity index (χ2v) is 6.97. The number of hydrogen-bond acceptors (Lipinski definition) is 5. The quantitative estimate of drug-likeness (QED) is 0.426. The van der Waals surface area contributed by atoms with Gasteiger partial charge < -0.3 is 9.84 Å². The highest BCUT2D eigenvalue weighted by Crippen LogP contribution is 2.37. The molecule has 33 heavy (non-hydrogen) atoms. The highest BCUT2D eigenvalue weighted by Gasteiger charge is 2.38. The van der Waals surface area contributed by atoms with Crippen LogP contribution in [0.3, 0.4) is 0 Å². The molecule has 2 aromatic carbocycles. The third kappa shape index (κ3) is 4.65. The Bertz CT molecular complexity index is 1250. The molecule has 0 spiro atoms. The minimum Gasteiger partial charge on any atom is -0.406 e. The van der Waals surface area contributed by atoms with Gasteiger partial charge in [0.2, 0.25) is 0 Å². The lowest BCUT2D eigenvalue weighted by atomic mass is 9.84. The van der Waals surface area contributed by atoms with Gasteiger partial charge >= 0.3 is 6.36 Å². The number of aliphatic hydroxyl groups is 1. The van der Waals surface area contributed by atoms with Crippen molar-refractivity contribution in [1.82, 2.24) is 15.0 Å². The number of aromatic nitrogens is 3. The van der Waals surface area contributed by atoms with E-state index in [1.165, 1.54) is 43.1 Å². The molecule has 2 heterocycles. The van der Waals surface area contributed by atoms with Gasteiger partial charge in [0.05, 0.1) is 5.69 Å². The molecule has 0 aliphatic rings. The SMILES string of the molecule is OC(c1cncnc1)(c1ccc(-c2ccc(OC(F)(F)F)cc2)cn1)c1ccc(F)cc1F. The lowest BCUT2D eigenvalue weighted by molar-refractivity contribution is -0.274. The zero-order chi connectivity index (χ0) is 23.6. The second-order valence-electron chi connectivity index (χ2n) is 6.97. The first-order valence-corrected chi connectivity index (χ1v) is 9.43. The van der Waals surface area contributed by atoms with Crippen LogP contribution in [0.25, 0.3) is 11.1 Å². The van der Waals surface area contributed by atoms with Crippen LogP contribution in [0.1, 0.15) is 16.8 Å². The number of nitrogens with zero attached hydrogens (tertiary/aromatic N) is 3. The lowest BCUT2D eigenvalue weighted by Crippen LogP contribution is -2.31. The Morgan fingerprint density at radius 3 is 2.03 bits per heavy atom. The van der Waals surface area contributed by atoms with E-state index < -0.39 is 23.6 Å². The molecule has 4 rings (SSSR count). The van der Waals surface area contributed by atoms with E-state index in [-0.39, 0.29) is 22.6 Å². The first-order valence-electron chi connectivity index (χ1n) is 9.43. The predicted octanol–water partition coefficient (Wildman–Crippen LogP) is 5.00. The number of ether oxygens (including phenoxy) is 1. The summed E-state index contributed by atoms with van der Waals surface area (Å²) in [6.07, 6.45) is 0.361. The van der Waals surface area contributed by atoms with E-state index >= 15 is 0 Å². The van der Waals surface area contributed by atoms with Crippen molar-refractivity contribution < 1.29 is 31.8 Å². The summed E-state index contributed by atoms with van der Waals surface area (Å²) in [5, 5.41) is 11.6. The molecule has 0 bridgehead atoms. The molecule has 0 aliphatic heterocycles. The molecular weight excluding hydrogens is 445 g/mol. The van der Waals surface area contributed by atoms with Gasteiger partial charge in [-0.3, -0.25) is 4.98 Å². The largest absolute Gasteiger partial charge is 0.573 e. The molecule has 0 amide bonds. The van der Waals surface area contributed by atoms with Crippen LogP contribution in [-0.4, -0.2) is 26.4 Å². The summed E-state index contributed by atoms with van der Waals surface area (Å²) >= 11 is 0. The van der Waals surface area contributed by atoms with E-state index in [1.807, 2.05) is 0 Å². The molecular formula is C23H14F5N3O2. The normalized spacial score (nSPS) is 13.4. The Morgan fingerprint density at radius 2 is 1.45 bits per heavy atom. The van der Waals surface area contributed by atoms with Crippen LogP contribution in [-0.2, 0) is 5.60 Å². The molecule has 10 heteroatoms. The molecule has 0 radical (unpaired) electrons. The standard InChI is InChI=1S/C23H14F5N3O2/c24-17-4-7-19(20(25)9-17)22(32,16-11-29-13-30-12-16)21-8-3-15(10-31-21)14-1-5-18(6-2-14)33-23(26,27)28/h1-13,32H. The van der Waals surface area contributed by atoms with Crippen LogP contribution in [0.5, 0.6) is 5.75 Å². The molecule has 0 aliphatic carbocycles. The Labute approximate surface area is 184 Å². The van der Waals surface area contributed by atoms with Gasteiger partial charge in [0, 0.05) is 41.3 Å². The molecule has 4 aromatic rings. The van der Waals surface area contributed by atoms with Gasteiger partial charge in [-0.25, -0.2) is 18.7 Å². The van der Waals surface area contributed by atoms with Gasteiger partial charge in [-0.1, -0.05) is 18.2 Å². The zero-order valence-electron chi connectivity index (χ0n) is 16.6. The highest BCUT2D eigenvalue weighted by atomic mass is 19.4. The first kappa shape index (κ1) is 22.3. The molecule has 0 fully saturated rings. The zero-order valence-corrected chi connectivity index (χ0v) is 16.6. The van der Waals surface area contributed by atoms with Crippen molar-refractivity contribution >= 4 is 0 Å². The van der Waals surface area contributed by atoms with Crippen LogP contribution in [0.4, 0.5) is 22.0 Å². The molecule has 2 aromatic heterocycles. The fraction of sp³-hybridized carbons (Fsp3) is 0.0870. The van der Waals surface area contributed by atoms with Crippen molar-refractivity contribution in [1.29, 1.82) is 0 Å². The number of hydrogen-bond donors (Lipinski definition) is 1. The van der Waals surface area contributed by atoms with Crippen LogP contribution in [0.15, 0.2) is 79.5 Å². The highest BCUT2D eigenvalue weighted by molar-refractivity contribution is 5.63. The maximum Gasteiger partial charge on any atom is 0.573 e. The number of rotatable bonds is 5. The number of halogens is 5. The van der Waals surface area contributed by atoms with E-state index in [9.17, 15) is 27.1 Å². The van der Waals surface area contributed by atoms with E-state index in [2.05, 4.69) is 19.7 Å². The summed E-state index contributed by atoms with van der Waals surface area (Å²) in [4.78, 5) is 12.0. The van der Waals surface area contributed by atoms with Gasteiger partial charge in [0.15, 0.2) is 5.60 Å². The van der Waals surface area contributed by atoms with E-state index in [0.29, 0.717) is 17.2 Å². The summed E-state index contributed by atoms with van der Waals surface area (Å²) in [5.74, 6) is -2.18. The minimum atomic E-state index is -4.80. The third-order valence-corrected chi connectivity index (χ3v) is 4.85. The van der Waals surface area contributed by atoms with Gasteiger partial charge in [-0.2, -0.15) is 0 Å². The summed E-state index contributed by atoms with van der Waals surface area (Å²) in [7, 11) is 0. The smallest absolute Gasteiger partial charge is 0.406 e. The van der Waals surface area contributed by atoms with Gasteiger partial charge in [-0.05, 0) is 35.9 Å². The molecule has 5 nitrogen and oxygen atoms in total. The maximum absolute atomic E-state index is 14.7. The monoisotopic (exact) mass is 459 g/mol. The third-order valence-electron chi connectivity index (χ3n) is 4.85. The lowest BCUT2D eigenvalue weighted by Gasteiger charge is -2.28. The topological polar surface area (TPSA) is 68.1 Å². The number of benzene rings is 2. The Balaban J connectivity index is 1.73. The predicted molar refractivity (Wildman–Crippen MR) is 107 cm³/mol. The fourth-order valence-electron chi connectivity index (χ4n) is 3.34. The van der Waals surface area contributed by atoms with Crippen molar-refractivity contribution in [2.75, 3.05) is 0 Å². The molecule has 0 saturated heterocycles. The summed E-state index contributed by atoms with van der Waals surface area (Å²) in [6.45, 7) is 0. The molecule has 1 atom stereocenters. The van der Waals surface area contributed by atoms with Gasteiger partial charge in [0.1, 0.15) is 23.7 Å². The first-order chi connectivity index (χ1) is 15.7. The second kappa shape index (κ2) is 8.55. The molecule has 1 N–H and O–H groups in total. The van der Waals surface area contributed by atoms with Crippen LogP contribution in [0.2, 0.25) is 0 Å². The van der Waals surface area contributed by atoms with Gasteiger partial charge in [0.25, 0.3) is 0 Å². The van der Waals surface area contributed by atoms with Crippen LogP contribution >= 0.6 is 0 Å². The maximum atomic E-state index is 14.7. The van der Waals surface area contributed by atoms with Crippen molar-refractivity contribution in [3.05, 3.63) is 108 Å². The van der Waals surface area contributed by atoms with Crippen molar-refractivity contribution in [3.63, 3.8) is 0 Å². The van der Waals surface area contributed by atoms with Gasteiger partial charge in [-0.15, -0.1) is 13.2 Å². The minimum absolute atomic E-state index is 0.00332. The van der Waals surface area contributed by atoms with E-state index in [0.717, 1.165) is 24.3 Å². The average molecular weight is 459 g/mol. The van der Waals surface area contributed by atoms with Crippen LogP contribution in [0, 0.1) is 11.6 Å². The molecule has 0 saturated carbocycles. The van der Waals surface area contributed by atoms with Crippen LogP contribution < -0.4 is 4.74 Å². The summed E-state index contributed by atoms with van der Waals surface area (Å²) < 4.78 is 69.0. The Hall–Kier alpha value is -3.92. The molecule has 168 valence electrons. The molecule has 1 unspecified atom stereocenters. The summed E-state index contributed by atoms with van der Waals surface area (Å²) in [5.41, 5.74) is -1.24. The fourth-order valence-corrected chi connectivity index (χ4v) is 3.34. The number of alkyl halides is 3. The summed E-state index contributed by atoms with van der Waals surface area (Å²) in [6, 6.07) is 10.9. The van der Waals surface area contributed by atoms with E-state index in [4.69, 9.17) is 0 Å². The van der Waals surface area contributed by atoms with E-state index in [1.54, 1.807) is 6.07 Å². The Morgan fingerprint density at radius 1 is 0.788 bits per heavy atom.